The average molecular weight is 286 g/mol. The van der Waals surface area contributed by atoms with Crippen molar-refractivity contribution in [3.05, 3.63) is 23.0 Å². The van der Waals surface area contributed by atoms with Gasteiger partial charge in [-0.3, -0.25) is 0 Å². The maximum atomic E-state index is 6.12. The van der Waals surface area contributed by atoms with E-state index >= 15 is 0 Å². The van der Waals surface area contributed by atoms with Gasteiger partial charge >= 0.3 is 0 Å². The van der Waals surface area contributed by atoms with Crippen molar-refractivity contribution in [2.24, 2.45) is 23.3 Å². The van der Waals surface area contributed by atoms with Gasteiger partial charge in [0.05, 0.1) is 10.7 Å². The number of nitrogens with two attached hydrogens (primary N) is 2. The fraction of sp³-hybridized carbons (Fsp3) is 0.733. The maximum Gasteiger partial charge on any atom is 0.0788 e. The van der Waals surface area contributed by atoms with Crippen molar-refractivity contribution in [3.8, 4) is 0 Å². The third kappa shape index (κ3) is 5.87. The minimum atomic E-state index is 0.615. The van der Waals surface area contributed by atoms with E-state index in [9.17, 15) is 0 Å². The van der Waals surface area contributed by atoms with Crippen molar-refractivity contribution in [2.45, 2.75) is 45.4 Å². The van der Waals surface area contributed by atoms with Gasteiger partial charge in [-0.15, -0.1) is 0 Å². The minimum Gasteiger partial charge on any atom is -0.403 e. The van der Waals surface area contributed by atoms with E-state index in [1.54, 1.807) is 0 Å². The maximum absolute atomic E-state index is 6.12. The van der Waals surface area contributed by atoms with Crippen LogP contribution in [0.1, 0.15) is 45.4 Å². The van der Waals surface area contributed by atoms with Crippen molar-refractivity contribution >= 4 is 11.6 Å². The van der Waals surface area contributed by atoms with Gasteiger partial charge in [0.15, 0.2) is 0 Å². The average Bonchev–Trinajstić information content (AvgIpc) is 2.47. The standard InChI is InChI=1S/C15H28ClN3/c1-2-3-4-15(14(16)10-18)19-11-13-7-5-12(9-17)6-8-13/h4,10,12-13,19H,2-3,5-9,11,17-18H2,1H3/b14-10+,15-4-. The van der Waals surface area contributed by atoms with Crippen LogP contribution in [0.25, 0.3) is 0 Å². The highest BCUT2D eigenvalue weighted by Gasteiger charge is 2.20. The number of rotatable bonds is 7. The summed E-state index contributed by atoms with van der Waals surface area (Å²) in [6.45, 7) is 3.97. The molecule has 1 aliphatic carbocycles. The Labute approximate surface area is 122 Å². The molecule has 0 radical (unpaired) electrons. The summed E-state index contributed by atoms with van der Waals surface area (Å²) in [4.78, 5) is 0. The number of hydrogen-bond acceptors (Lipinski definition) is 3. The number of unbranched alkanes of at least 4 members (excludes halogenated alkanes) is 1. The molecule has 110 valence electrons. The number of halogens is 1. The molecule has 0 amide bonds. The molecule has 1 rings (SSSR count). The predicted molar refractivity (Wildman–Crippen MR) is 83.6 cm³/mol. The zero-order valence-electron chi connectivity index (χ0n) is 12.0. The highest BCUT2D eigenvalue weighted by Crippen LogP contribution is 2.28. The molecule has 0 atom stereocenters. The number of nitrogens with one attached hydrogen (secondary N) is 1. The first kappa shape index (κ1) is 16.4. The van der Waals surface area contributed by atoms with E-state index in [4.69, 9.17) is 23.1 Å². The second-order valence-corrected chi connectivity index (χ2v) is 5.83. The van der Waals surface area contributed by atoms with Crippen LogP contribution in [0, 0.1) is 11.8 Å². The molecule has 0 aliphatic heterocycles. The van der Waals surface area contributed by atoms with Gasteiger partial charge in [0.25, 0.3) is 0 Å². The minimum absolute atomic E-state index is 0.615. The molecule has 0 aromatic heterocycles. The third-order valence-corrected chi connectivity index (χ3v) is 4.25. The Morgan fingerprint density at radius 3 is 2.42 bits per heavy atom. The van der Waals surface area contributed by atoms with Crippen LogP contribution in [-0.4, -0.2) is 13.1 Å². The van der Waals surface area contributed by atoms with E-state index in [0.29, 0.717) is 5.03 Å². The van der Waals surface area contributed by atoms with E-state index in [1.807, 2.05) is 0 Å². The van der Waals surface area contributed by atoms with Crippen LogP contribution >= 0.6 is 11.6 Å². The highest BCUT2D eigenvalue weighted by molar-refractivity contribution is 6.31. The zero-order valence-corrected chi connectivity index (χ0v) is 12.8. The molecule has 0 saturated heterocycles. The van der Waals surface area contributed by atoms with Crippen molar-refractivity contribution in [1.29, 1.82) is 0 Å². The summed E-state index contributed by atoms with van der Waals surface area (Å²) < 4.78 is 0. The number of allylic oxidation sites excluding steroid dienone is 2. The summed E-state index contributed by atoms with van der Waals surface area (Å²) in [5.41, 5.74) is 12.2. The highest BCUT2D eigenvalue weighted by atomic mass is 35.5. The monoisotopic (exact) mass is 285 g/mol. The van der Waals surface area contributed by atoms with Crippen molar-refractivity contribution in [3.63, 3.8) is 0 Å². The summed E-state index contributed by atoms with van der Waals surface area (Å²) in [5, 5.41) is 4.07. The van der Waals surface area contributed by atoms with E-state index in [2.05, 4.69) is 18.3 Å². The summed E-state index contributed by atoms with van der Waals surface area (Å²) in [5.74, 6) is 1.47. The number of hydrogen-bond donors (Lipinski definition) is 3. The fourth-order valence-electron chi connectivity index (χ4n) is 2.56. The third-order valence-electron chi connectivity index (χ3n) is 3.92. The van der Waals surface area contributed by atoms with Crippen LogP contribution in [-0.2, 0) is 0 Å². The van der Waals surface area contributed by atoms with Crippen molar-refractivity contribution in [2.75, 3.05) is 13.1 Å². The van der Waals surface area contributed by atoms with Gasteiger partial charge in [-0.05, 0) is 50.5 Å². The first-order valence-electron chi connectivity index (χ1n) is 7.43. The quantitative estimate of drug-likeness (QED) is 0.630. The summed E-state index contributed by atoms with van der Waals surface area (Å²) in [7, 11) is 0. The van der Waals surface area contributed by atoms with Crippen LogP contribution in [0.15, 0.2) is 23.0 Å². The van der Waals surface area contributed by atoms with Gasteiger partial charge in [-0.1, -0.05) is 31.0 Å². The molecule has 0 aromatic rings. The van der Waals surface area contributed by atoms with E-state index < -0.39 is 0 Å². The van der Waals surface area contributed by atoms with Gasteiger partial charge in [-0.2, -0.15) is 0 Å². The molecule has 19 heavy (non-hydrogen) atoms. The Morgan fingerprint density at radius 2 is 1.89 bits per heavy atom. The summed E-state index contributed by atoms with van der Waals surface area (Å²) >= 11 is 6.12. The summed E-state index contributed by atoms with van der Waals surface area (Å²) in [6.07, 6.45) is 10.8. The lowest BCUT2D eigenvalue weighted by atomic mass is 9.82. The van der Waals surface area contributed by atoms with Crippen molar-refractivity contribution < 1.29 is 0 Å². The van der Waals surface area contributed by atoms with Crippen LogP contribution in [0.2, 0.25) is 0 Å². The largest absolute Gasteiger partial charge is 0.403 e. The van der Waals surface area contributed by atoms with Gasteiger partial charge in [-0.25, -0.2) is 0 Å². The molecule has 0 bridgehead atoms. The van der Waals surface area contributed by atoms with E-state index in [1.165, 1.54) is 31.9 Å². The molecule has 3 nitrogen and oxygen atoms in total. The Balaban J connectivity index is 2.40. The zero-order chi connectivity index (χ0) is 14.1. The topological polar surface area (TPSA) is 64.1 Å². The molecular formula is C15H28ClN3. The lowest BCUT2D eigenvalue weighted by molar-refractivity contribution is 0.277. The van der Waals surface area contributed by atoms with Crippen molar-refractivity contribution in [1.82, 2.24) is 5.32 Å². The Hall–Kier alpha value is -0.670. The van der Waals surface area contributed by atoms with Gasteiger partial charge < -0.3 is 16.8 Å². The first-order chi connectivity index (χ1) is 9.21. The van der Waals surface area contributed by atoms with Gasteiger partial charge in [0.2, 0.25) is 0 Å². The molecule has 0 unspecified atom stereocenters. The molecule has 0 spiro atoms. The first-order valence-corrected chi connectivity index (χ1v) is 7.80. The molecule has 1 saturated carbocycles. The van der Waals surface area contributed by atoms with Crippen LogP contribution in [0.3, 0.4) is 0 Å². The van der Waals surface area contributed by atoms with Crippen LogP contribution < -0.4 is 16.8 Å². The molecule has 5 N–H and O–H groups in total. The Kier molecular flexibility index (Phi) is 7.99. The van der Waals surface area contributed by atoms with Crippen LogP contribution in [0.4, 0.5) is 0 Å². The van der Waals surface area contributed by atoms with Gasteiger partial charge in [0, 0.05) is 12.7 Å². The Morgan fingerprint density at radius 1 is 1.26 bits per heavy atom. The normalized spacial score (nSPS) is 25.4. The predicted octanol–water partition coefficient (Wildman–Crippen LogP) is 3.06. The lowest BCUT2D eigenvalue weighted by Crippen LogP contribution is -2.28. The molecular weight excluding hydrogens is 258 g/mol. The smallest absolute Gasteiger partial charge is 0.0788 e. The second-order valence-electron chi connectivity index (χ2n) is 5.42. The van der Waals surface area contributed by atoms with Gasteiger partial charge in [0.1, 0.15) is 0 Å². The van der Waals surface area contributed by atoms with E-state index in [0.717, 1.165) is 43.5 Å². The molecule has 1 aliphatic rings. The Bertz CT molecular complexity index is 305. The molecule has 0 aromatic carbocycles. The molecule has 4 heteroatoms. The summed E-state index contributed by atoms with van der Waals surface area (Å²) in [6, 6.07) is 0. The fourth-order valence-corrected chi connectivity index (χ4v) is 2.70. The molecule has 1 fully saturated rings. The lowest BCUT2D eigenvalue weighted by Gasteiger charge is -2.28. The SMILES string of the molecule is CCC/C=C(NCC1CCC(CN)CC1)/C(Cl)=C\N. The molecule has 0 heterocycles. The van der Waals surface area contributed by atoms with Crippen LogP contribution in [0.5, 0.6) is 0 Å². The second kappa shape index (κ2) is 9.27. The van der Waals surface area contributed by atoms with E-state index in [-0.39, 0.29) is 0 Å².